The van der Waals surface area contributed by atoms with Crippen molar-refractivity contribution in [1.82, 2.24) is 0 Å². The highest BCUT2D eigenvalue weighted by molar-refractivity contribution is 5.64. The second-order valence-electron chi connectivity index (χ2n) is 5.89. The number of nitro benzene ring substituents is 1. The summed E-state index contributed by atoms with van der Waals surface area (Å²) in [7, 11) is 0. The molecule has 2 N–H and O–H groups in total. The number of fused-ring (bicyclic) bond motifs is 1. The van der Waals surface area contributed by atoms with E-state index in [0.29, 0.717) is 17.5 Å². The van der Waals surface area contributed by atoms with Crippen LogP contribution >= 0.6 is 0 Å². The number of rotatable bonds is 2. The first kappa shape index (κ1) is 13.3. The van der Waals surface area contributed by atoms with Crippen LogP contribution in [0, 0.1) is 27.8 Å². The van der Waals surface area contributed by atoms with Crippen molar-refractivity contribution in [3.8, 4) is 0 Å². The van der Waals surface area contributed by atoms with Gasteiger partial charge < -0.3 is 10.6 Å². The summed E-state index contributed by atoms with van der Waals surface area (Å²) in [5.74, 6) is 0.566. The molecule has 1 saturated carbocycles. The number of nitrogens with zero attached hydrogens (tertiary/aromatic N) is 2. The fourth-order valence-electron chi connectivity index (χ4n) is 3.57. The predicted molar refractivity (Wildman–Crippen MR) is 74.1 cm³/mol. The van der Waals surface area contributed by atoms with E-state index in [9.17, 15) is 14.5 Å². The summed E-state index contributed by atoms with van der Waals surface area (Å²) in [4.78, 5) is 12.6. The van der Waals surface area contributed by atoms with Crippen LogP contribution in [0.25, 0.3) is 0 Å². The molecule has 20 heavy (non-hydrogen) atoms. The first-order valence-electron chi connectivity index (χ1n) is 6.99. The van der Waals surface area contributed by atoms with Gasteiger partial charge in [-0.1, -0.05) is 0 Å². The summed E-state index contributed by atoms with van der Waals surface area (Å²) in [6.45, 7) is 1.50. The molecule has 1 aromatic carbocycles. The molecular formula is C14H18FN3O2. The lowest BCUT2D eigenvalue weighted by Gasteiger charge is -2.27. The highest BCUT2D eigenvalue weighted by atomic mass is 19.1. The molecule has 3 rings (SSSR count). The topological polar surface area (TPSA) is 72.4 Å². The molecule has 2 fully saturated rings. The third-order valence-corrected chi connectivity index (χ3v) is 4.57. The standard InChI is InChI=1S/C14H18FN3O2/c15-11-2-4-13(18(19)20)14(6-11)17-7-9-1-3-12(16)5-10(9)8-17/h2,4,6,9-10,12H,1,3,5,7-8,16H2/t9-,10+,12?/m1/s1. The molecule has 0 aromatic heterocycles. The summed E-state index contributed by atoms with van der Waals surface area (Å²) in [6.07, 6.45) is 3.04. The van der Waals surface area contributed by atoms with Crippen molar-refractivity contribution in [2.45, 2.75) is 25.3 Å². The Morgan fingerprint density at radius 1 is 1.30 bits per heavy atom. The minimum Gasteiger partial charge on any atom is -0.365 e. The Balaban J connectivity index is 1.87. The summed E-state index contributed by atoms with van der Waals surface area (Å²) >= 11 is 0. The minimum absolute atomic E-state index is 0.0191. The zero-order chi connectivity index (χ0) is 14.3. The maximum absolute atomic E-state index is 13.4. The van der Waals surface area contributed by atoms with Gasteiger partial charge in [0.25, 0.3) is 5.69 Å². The number of nitro groups is 1. The van der Waals surface area contributed by atoms with Gasteiger partial charge in [-0.3, -0.25) is 10.1 Å². The Bertz CT molecular complexity index is 537. The van der Waals surface area contributed by atoms with E-state index >= 15 is 0 Å². The van der Waals surface area contributed by atoms with Gasteiger partial charge in [-0.15, -0.1) is 0 Å². The Hall–Kier alpha value is -1.69. The Labute approximate surface area is 116 Å². The van der Waals surface area contributed by atoms with Gasteiger partial charge in [0, 0.05) is 31.3 Å². The summed E-state index contributed by atoms with van der Waals surface area (Å²) in [6, 6.07) is 3.90. The van der Waals surface area contributed by atoms with Crippen molar-refractivity contribution < 1.29 is 9.31 Å². The van der Waals surface area contributed by atoms with E-state index in [1.54, 1.807) is 0 Å². The van der Waals surface area contributed by atoms with Crippen LogP contribution in [0.4, 0.5) is 15.8 Å². The van der Waals surface area contributed by atoms with Crippen molar-refractivity contribution in [3.05, 3.63) is 34.1 Å². The summed E-state index contributed by atoms with van der Waals surface area (Å²) < 4.78 is 13.4. The van der Waals surface area contributed by atoms with E-state index in [2.05, 4.69) is 0 Å². The van der Waals surface area contributed by atoms with Crippen LogP contribution in [0.5, 0.6) is 0 Å². The number of hydrogen-bond acceptors (Lipinski definition) is 4. The fourth-order valence-corrected chi connectivity index (χ4v) is 3.57. The lowest BCUT2D eigenvalue weighted by Crippen LogP contribution is -2.32. The van der Waals surface area contributed by atoms with E-state index in [0.717, 1.165) is 38.4 Å². The van der Waals surface area contributed by atoms with Gasteiger partial charge in [-0.05, 0) is 37.2 Å². The maximum Gasteiger partial charge on any atom is 0.292 e. The lowest BCUT2D eigenvalue weighted by atomic mass is 9.79. The van der Waals surface area contributed by atoms with Gasteiger partial charge in [0.2, 0.25) is 0 Å². The molecule has 6 heteroatoms. The van der Waals surface area contributed by atoms with Gasteiger partial charge >= 0.3 is 0 Å². The first-order chi connectivity index (χ1) is 9.54. The van der Waals surface area contributed by atoms with Crippen LogP contribution < -0.4 is 10.6 Å². The molecule has 108 valence electrons. The Kier molecular flexibility index (Phi) is 3.33. The summed E-state index contributed by atoms with van der Waals surface area (Å²) in [5, 5.41) is 11.1. The largest absolute Gasteiger partial charge is 0.365 e. The molecule has 1 unspecified atom stereocenters. The zero-order valence-electron chi connectivity index (χ0n) is 11.2. The number of nitrogens with two attached hydrogens (primary N) is 1. The van der Waals surface area contributed by atoms with Crippen molar-refractivity contribution in [2.24, 2.45) is 17.6 Å². The Morgan fingerprint density at radius 3 is 2.80 bits per heavy atom. The maximum atomic E-state index is 13.4. The molecule has 0 amide bonds. The Morgan fingerprint density at radius 2 is 2.05 bits per heavy atom. The molecular weight excluding hydrogens is 261 g/mol. The molecule has 0 spiro atoms. The highest BCUT2D eigenvalue weighted by Gasteiger charge is 2.38. The number of anilines is 1. The molecule has 0 bridgehead atoms. The molecule has 1 saturated heterocycles. The van der Waals surface area contributed by atoms with Gasteiger partial charge in [-0.25, -0.2) is 4.39 Å². The lowest BCUT2D eigenvalue weighted by molar-refractivity contribution is -0.384. The average Bonchev–Trinajstić information content (AvgIpc) is 2.81. The zero-order valence-corrected chi connectivity index (χ0v) is 11.2. The van der Waals surface area contributed by atoms with Gasteiger partial charge in [0.05, 0.1) is 4.92 Å². The van der Waals surface area contributed by atoms with Crippen LogP contribution in [0.3, 0.4) is 0 Å². The molecule has 0 radical (unpaired) electrons. The molecule has 2 aliphatic rings. The van der Waals surface area contributed by atoms with E-state index in [1.807, 2.05) is 4.90 Å². The smallest absolute Gasteiger partial charge is 0.292 e. The quantitative estimate of drug-likeness (QED) is 0.666. The first-order valence-corrected chi connectivity index (χ1v) is 6.99. The molecule has 1 aromatic rings. The number of halogens is 1. The third kappa shape index (κ3) is 2.35. The second kappa shape index (κ2) is 5.01. The fraction of sp³-hybridized carbons (Fsp3) is 0.571. The van der Waals surface area contributed by atoms with Crippen molar-refractivity contribution in [2.75, 3.05) is 18.0 Å². The van der Waals surface area contributed by atoms with Crippen LogP contribution in [0.2, 0.25) is 0 Å². The van der Waals surface area contributed by atoms with E-state index in [4.69, 9.17) is 5.73 Å². The molecule has 5 nitrogen and oxygen atoms in total. The van der Waals surface area contributed by atoms with E-state index in [1.165, 1.54) is 12.1 Å². The predicted octanol–water partition coefficient (Wildman–Crippen LogP) is 2.30. The van der Waals surface area contributed by atoms with Crippen molar-refractivity contribution in [3.63, 3.8) is 0 Å². The average molecular weight is 279 g/mol. The van der Waals surface area contributed by atoms with Gasteiger partial charge in [0.1, 0.15) is 11.5 Å². The number of hydrogen-bond donors (Lipinski definition) is 1. The third-order valence-electron chi connectivity index (χ3n) is 4.57. The van der Waals surface area contributed by atoms with Crippen LogP contribution in [0.15, 0.2) is 18.2 Å². The molecule has 1 aliphatic carbocycles. The van der Waals surface area contributed by atoms with Crippen molar-refractivity contribution in [1.29, 1.82) is 0 Å². The number of benzene rings is 1. The molecule has 1 aliphatic heterocycles. The summed E-state index contributed by atoms with van der Waals surface area (Å²) in [5.41, 5.74) is 6.37. The normalized spacial score (nSPS) is 29.3. The van der Waals surface area contributed by atoms with Crippen LogP contribution in [0.1, 0.15) is 19.3 Å². The molecule has 1 heterocycles. The van der Waals surface area contributed by atoms with Gasteiger partial charge in [-0.2, -0.15) is 0 Å². The van der Waals surface area contributed by atoms with E-state index in [-0.39, 0.29) is 11.7 Å². The van der Waals surface area contributed by atoms with Crippen LogP contribution in [-0.2, 0) is 0 Å². The monoisotopic (exact) mass is 279 g/mol. The second-order valence-corrected chi connectivity index (χ2v) is 5.89. The molecule has 3 atom stereocenters. The van der Waals surface area contributed by atoms with Crippen LogP contribution in [-0.4, -0.2) is 24.1 Å². The van der Waals surface area contributed by atoms with Gasteiger partial charge in [0.15, 0.2) is 0 Å². The van der Waals surface area contributed by atoms with E-state index < -0.39 is 10.7 Å². The highest BCUT2D eigenvalue weighted by Crippen LogP contribution is 2.40. The minimum atomic E-state index is -0.442. The SMILES string of the molecule is NC1CC[C@@H]2CN(c3cc(F)ccc3[N+](=O)[O-])C[C@@H]2C1. The van der Waals surface area contributed by atoms with Crippen molar-refractivity contribution >= 4 is 11.4 Å².